The lowest BCUT2D eigenvalue weighted by atomic mass is 10.2. The molecule has 0 saturated heterocycles. The third-order valence-electron chi connectivity index (χ3n) is 2.03. The zero-order chi connectivity index (χ0) is 12.8. The number of primary amides is 1. The number of hydrogen-bond donors (Lipinski definition) is 2. The number of nitrogens with zero attached hydrogens (tertiary/aromatic N) is 2. The number of aromatic nitrogens is 1. The standard InChI is InChI=1S/C11H13N3O3/c1-2-6-14(7-9(15)16)11-8(10(12)17)4-3-5-13-11/h2-5H,1,6-7H2,(H2,12,17)(H,15,16). The van der Waals surface area contributed by atoms with Crippen LogP contribution in [0, 0.1) is 0 Å². The summed E-state index contributed by atoms with van der Waals surface area (Å²) in [5.74, 6) is -1.41. The first-order chi connectivity index (χ1) is 8.06. The van der Waals surface area contributed by atoms with E-state index in [0.717, 1.165) is 0 Å². The minimum Gasteiger partial charge on any atom is -0.480 e. The fraction of sp³-hybridized carbons (Fsp3) is 0.182. The molecule has 6 nitrogen and oxygen atoms in total. The van der Waals surface area contributed by atoms with Gasteiger partial charge in [0, 0.05) is 12.7 Å². The van der Waals surface area contributed by atoms with E-state index in [9.17, 15) is 9.59 Å². The average molecular weight is 235 g/mol. The summed E-state index contributed by atoms with van der Waals surface area (Å²) in [6.07, 6.45) is 3.00. The molecule has 1 aromatic heterocycles. The molecule has 1 amide bonds. The van der Waals surface area contributed by atoms with Crippen molar-refractivity contribution in [1.82, 2.24) is 4.98 Å². The number of rotatable bonds is 6. The molecular weight excluding hydrogens is 222 g/mol. The van der Waals surface area contributed by atoms with Crippen LogP contribution >= 0.6 is 0 Å². The zero-order valence-corrected chi connectivity index (χ0v) is 9.17. The molecule has 90 valence electrons. The van der Waals surface area contributed by atoms with Gasteiger partial charge in [0.1, 0.15) is 12.4 Å². The van der Waals surface area contributed by atoms with Crippen molar-refractivity contribution in [3.05, 3.63) is 36.5 Å². The Morgan fingerprint density at radius 1 is 1.59 bits per heavy atom. The molecule has 0 bridgehead atoms. The van der Waals surface area contributed by atoms with Crippen LogP contribution < -0.4 is 10.6 Å². The number of anilines is 1. The zero-order valence-electron chi connectivity index (χ0n) is 9.17. The van der Waals surface area contributed by atoms with Crippen molar-refractivity contribution >= 4 is 17.7 Å². The molecule has 0 aliphatic carbocycles. The number of hydrogen-bond acceptors (Lipinski definition) is 4. The van der Waals surface area contributed by atoms with E-state index in [4.69, 9.17) is 10.8 Å². The second-order valence-electron chi connectivity index (χ2n) is 3.30. The fourth-order valence-corrected chi connectivity index (χ4v) is 1.39. The minimum atomic E-state index is -1.02. The van der Waals surface area contributed by atoms with E-state index in [-0.39, 0.29) is 24.5 Å². The van der Waals surface area contributed by atoms with Crippen LogP contribution in [0.25, 0.3) is 0 Å². The first-order valence-corrected chi connectivity index (χ1v) is 4.88. The number of aliphatic carboxylic acids is 1. The minimum absolute atomic E-state index is 0.190. The number of amides is 1. The van der Waals surface area contributed by atoms with Crippen LogP contribution in [0.2, 0.25) is 0 Å². The maximum absolute atomic E-state index is 11.2. The van der Waals surface area contributed by atoms with Gasteiger partial charge in [-0.05, 0) is 12.1 Å². The molecule has 1 rings (SSSR count). The van der Waals surface area contributed by atoms with Crippen LogP contribution in [0.4, 0.5) is 5.82 Å². The van der Waals surface area contributed by atoms with E-state index >= 15 is 0 Å². The molecule has 17 heavy (non-hydrogen) atoms. The van der Waals surface area contributed by atoms with Crippen molar-refractivity contribution in [2.45, 2.75) is 0 Å². The lowest BCUT2D eigenvalue weighted by Crippen LogP contribution is -2.32. The van der Waals surface area contributed by atoms with Gasteiger partial charge in [-0.1, -0.05) is 6.08 Å². The van der Waals surface area contributed by atoms with Crippen molar-refractivity contribution in [2.75, 3.05) is 18.0 Å². The Hall–Kier alpha value is -2.37. The van der Waals surface area contributed by atoms with Gasteiger partial charge in [0.2, 0.25) is 0 Å². The monoisotopic (exact) mass is 235 g/mol. The maximum atomic E-state index is 11.2. The number of nitrogens with two attached hydrogens (primary N) is 1. The lowest BCUT2D eigenvalue weighted by Gasteiger charge is -2.21. The van der Waals surface area contributed by atoms with Crippen LogP contribution in [0.3, 0.4) is 0 Å². The van der Waals surface area contributed by atoms with Crippen molar-refractivity contribution in [3.8, 4) is 0 Å². The third kappa shape index (κ3) is 3.30. The quantitative estimate of drug-likeness (QED) is 0.689. The predicted octanol–water partition coefficient (Wildman–Crippen LogP) is 0.258. The fourth-order valence-electron chi connectivity index (χ4n) is 1.39. The maximum Gasteiger partial charge on any atom is 0.323 e. The molecule has 6 heteroatoms. The second-order valence-corrected chi connectivity index (χ2v) is 3.30. The molecule has 0 fully saturated rings. The average Bonchev–Trinajstić information content (AvgIpc) is 2.28. The molecule has 1 heterocycles. The molecule has 0 aromatic carbocycles. The summed E-state index contributed by atoms with van der Waals surface area (Å²) in [5.41, 5.74) is 5.39. The van der Waals surface area contributed by atoms with Gasteiger partial charge >= 0.3 is 5.97 Å². The number of carboxylic acids is 1. The molecule has 0 aliphatic heterocycles. The summed E-state index contributed by atoms with van der Waals surface area (Å²) in [7, 11) is 0. The van der Waals surface area contributed by atoms with Crippen LogP contribution in [-0.2, 0) is 4.79 Å². The first-order valence-electron chi connectivity index (χ1n) is 4.88. The first kappa shape index (κ1) is 12.7. The molecular formula is C11H13N3O3. The Kier molecular flexibility index (Phi) is 4.21. The molecule has 0 saturated carbocycles. The molecule has 1 aromatic rings. The van der Waals surface area contributed by atoms with Crippen molar-refractivity contribution in [2.24, 2.45) is 5.73 Å². The highest BCUT2D eigenvalue weighted by atomic mass is 16.4. The SMILES string of the molecule is C=CCN(CC(=O)O)c1ncccc1C(N)=O. The van der Waals surface area contributed by atoms with Crippen molar-refractivity contribution in [3.63, 3.8) is 0 Å². The number of carboxylic acid groups (broad SMARTS) is 1. The molecule has 0 aliphatic rings. The highest BCUT2D eigenvalue weighted by molar-refractivity contribution is 5.98. The largest absolute Gasteiger partial charge is 0.480 e. The van der Waals surface area contributed by atoms with E-state index in [1.807, 2.05) is 0 Å². The Balaban J connectivity index is 3.12. The van der Waals surface area contributed by atoms with E-state index in [1.165, 1.54) is 23.2 Å². The summed E-state index contributed by atoms with van der Waals surface area (Å²) in [4.78, 5) is 27.3. The van der Waals surface area contributed by atoms with Gasteiger partial charge in [-0.25, -0.2) is 4.98 Å². The predicted molar refractivity (Wildman–Crippen MR) is 62.8 cm³/mol. The Labute approximate surface area is 98.4 Å². The number of carbonyl (C=O) groups is 2. The molecule has 3 N–H and O–H groups in total. The normalized spacial score (nSPS) is 9.65. The summed E-state index contributed by atoms with van der Waals surface area (Å²) in [6.45, 7) is 3.52. The Bertz CT molecular complexity index is 445. The van der Waals surface area contributed by atoms with Gasteiger partial charge in [-0.15, -0.1) is 6.58 Å². The molecule has 0 spiro atoms. The van der Waals surface area contributed by atoms with Gasteiger partial charge in [0.05, 0.1) is 5.56 Å². The summed E-state index contributed by atoms with van der Waals surface area (Å²) in [5, 5.41) is 8.78. The molecule has 0 atom stereocenters. The van der Waals surface area contributed by atoms with Crippen molar-refractivity contribution in [1.29, 1.82) is 0 Å². The van der Waals surface area contributed by atoms with Crippen molar-refractivity contribution < 1.29 is 14.7 Å². The molecule has 0 radical (unpaired) electrons. The van der Waals surface area contributed by atoms with Gasteiger partial charge in [0.15, 0.2) is 0 Å². The number of pyridine rings is 1. The summed E-state index contributed by atoms with van der Waals surface area (Å²) in [6, 6.07) is 3.07. The molecule has 0 unspecified atom stereocenters. The van der Waals surface area contributed by atoms with E-state index in [2.05, 4.69) is 11.6 Å². The summed E-state index contributed by atoms with van der Waals surface area (Å²) < 4.78 is 0. The van der Waals surface area contributed by atoms with Crippen LogP contribution in [0.1, 0.15) is 10.4 Å². The topological polar surface area (TPSA) is 96.5 Å². The Morgan fingerprint density at radius 2 is 2.29 bits per heavy atom. The van der Waals surface area contributed by atoms with Gasteiger partial charge in [0.25, 0.3) is 5.91 Å². The van der Waals surface area contributed by atoms with Crippen LogP contribution in [0.5, 0.6) is 0 Å². The second kappa shape index (κ2) is 5.64. The Morgan fingerprint density at radius 3 is 2.82 bits per heavy atom. The van der Waals surface area contributed by atoms with E-state index in [1.54, 1.807) is 6.07 Å². The highest BCUT2D eigenvalue weighted by Crippen LogP contribution is 2.16. The highest BCUT2D eigenvalue weighted by Gasteiger charge is 2.17. The van der Waals surface area contributed by atoms with Gasteiger partial charge in [-0.2, -0.15) is 0 Å². The van der Waals surface area contributed by atoms with E-state index in [0.29, 0.717) is 0 Å². The van der Waals surface area contributed by atoms with Gasteiger partial charge in [-0.3, -0.25) is 9.59 Å². The third-order valence-corrected chi connectivity index (χ3v) is 2.03. The van der Waals surface area contributed by atoms with Gasteiger partial charge < -0.3 is 15.7 Å². The smallest absolute Gasteiger partial charge is 0.323 e. The van der Waals surface area contributed by atoms with Crippen LogP contribution in [-0.4, -0.2) is 35.1 Å². The van der Waals surface area contributed by atoms with E-state index < -0.39 is 11.9 Å². The lowest BCUT2D eigenvalue weighted by molar-refractivity contribution is -0.135. The summed E-state index contributed by atoms with van der Waals surface area (Å²) >= 11 is 0. The number of carbonyl (C=O) groups excluding carboxylic acids is 1. The van der Waals surface area contributed by atoms with Crippen LogP contribution in [0.15, 0.2) is 31.0 Å².